The lowest BCUT2D eigenvalue weighted by Crippen LogP contribution is -1.88. The van der Waals surface area contributed by atoms with Crippen molar-refractivity contribution in [3.63, 3.8) is 0 Å². The maximum atomic E-state index is 4.34. The highest BCUT2D eigenvalue weighted by Gasteiger charge is 2.00. The second kappa shape index (κ2) is 9.91. The number of hydrogen-bond acceptors (Lipinski definition) is 1. The molecule has 0 radical (unpaired) electrons. The van der Waals surface area contributed by atoms with Crippen LogP contribution in [0.2, 0.25) is 0 Å². The van der Waals surface area contributed by atoms with Gasteiger partial charge in [0, 0.05) is 9.37 Å². The van der Waals surface area contributed by atoms with E-state index < -0.39 is 0 Å². The van der Waals surface area contributed by atoms with Gasteiger partial charge < -0.3 is 0 Å². The summed E-state index contributed by atoms with van der Waals surface area (Å²) in [6.07, 6.45) is 12.3. The van der Waals surface area contributed by atoms with Crippen molar-refractivity contribution in [1.82, 2.24) is 0 Å². The number of aryl methyl sites for hydroxylation is 1. The normalized spacial score (nSPS) is 10.8. The molecule has 0 spiro atoms. The smallest absolute Gasteiger partial charge is 0.0218 e. The van der Waals surface area contributed by atoms with Gasteiger partial charge in [0.1, 0.15) is 0 Å². The van der Waals surface area contributed by atoms with Crippen LogP contribution in [-0.2, 0) is 6.42 Å². The first-order chi connectivity index (χ1) is 8.74. The summed E-state index contributed by atoms with van der Waals surface area (Å²) in [6.45, 7) is 2.27. The van der Waals surface area contributed by atoms with Crippen LogP contribution < -0.4 is 0 Å². The Balaban J connectivity index is 2.07. The van der Waals surface area contributed by atoms with Gasteiger partial charge in [-0.1, -0.05) is 73.9 Å². The van der Waals surface area contributed by atoms with Crippen molar-refractivity contribution >= 4 is 28.6 Å². The molecule has 0 saturated carbocycles. The molecule has 0 nitrogen and oxygen atoms in total. The van der Waals surface area contributed by atoms with Crippen molar-refractivity contribution < 1.29 is 0 Å². The zero-order valence-electron chi connectivity index (χ0n) is 11.4. The lowest BCUT2D eigenvalue weighted by atomic mass is 10.0. The molecule has 18 heavy (non-hydrogen) atoms. The second-order valence-corrected chi connectivity index (χ2v) is 6.37. The van der Waals surface area contributed by atoms with Crippen LogP contribution in [0.1, 0.15) is 63.9 Å². The minimum Gasteiger partial charge on any atom is -0.143 e. The molecule has 0 unspecified atom stereocenters. The minimum atomic E-state index is 1.03. The third-order valence-electron chi connectivity index (χ3n) is 3.34. The Morgan fingerprint density at radius 3 is 2.17 bits per heavy atom. The van der Waals surface area contributed by atoms with Gasteiger partial charge in [-0.25, -0.2) is 0 Å². The average molecular weight is 329 g/mol. The predicted octanol–water partition coefficient (Wildman–Crippen LogP) is 6.42. The van der Waals surface area contributed by atoms with E-state index in [9.17, 15) is 0 Å². The van der Waals surface area contributed by atoms with E-state index >= 15 is 0 Å². The topological polar surface area (TPSA) is 0 Å². The van der Waals surface area contributed by atoms with Crippen molar-refractivity contribution in [2.45, 2.75) is 69.6 Å². The third-order valence-corrected chi connectivity index (χ3v) is 4.35. The largest absolute Gasteiger partial charge is 0.143 e. The number of hydrogen-bond donors (Lipinski definition) is 1. The molecular weight excluding hydrogens is 304 g/mol. The molecule has 1 rings (SSSR count). The van der Waals surface area contributed by atoms with Crippen LogP contribution in [0.3, 0.4) is 0 Å². The Labute approximate surface area is 126 Å². The van der Waals surface area contributed by atoms with Gasteiger partial charge in [0.05, 0.1) is 0 Å². The van der Waals surface area contributed by atoms with Crippen LogP contribution in [0.4, 0.5) is 0 Å². The molecule has 0 heterocycles. The lowest BCUT2D eigenvalue weighted by molar-refractivity contribution is 0.575. The summed E-state index contributed by atoms with van der Waals surface area (Å²) in [5, 5.41) is 0. The first kappa shape index (κ1) is 16.1. The zero-order valence-corrected chi connectivity index (χ0v) is 13.9. The fourth-order valence-electron chi connectivity index (χ4n) is 2.19. The Hall–Kier alpha value is 0.0500. The third kappa shape index (κ3) is 6.84. The van der Waals surface area contributed by atoms with E-state index in [1.165, 1.54) is 67.8 Å². The standard InChI is InChI=1S/C16H25BrS/c1-2-3-4-5-6-7-8-9-10-14-11-12-15(18)13-16(14)17/h11-13,18H,2-10H2,1H3. The van der Waals surface area contributed by atoms with Crippen molar-refractivity contribution in [1.29, 1.82) is 0 Å². The van der Waals surface area contributed by atoms with Crippen LogP contribution in [0.15, 0.2) is 27.6 Å². The second-order valence-electron chi connectivity index (χ2n) is 5.00. The summed E-state index contributed by atoms with van der Waals surface area (Å²) < 4.78 is 1.21. The van der Waals surface area contributed by atoms with Crippen molar-refractivity contribution in [2.24, 2.45) is 0 Å². The molecule has 0 aliphatic rings. The summed E-state index contributed by atoms with van der Waals surface area (Å²) in [5.74, 6) is 0. The number of rotatable bonds is 9. The van der Waals surface area contributed by atoms with Crippen LogP contribution in [0.25, 0.3) is 0 Å². The monoisotopic (exact) mass is 328 g/mol. The molecule has 0 N–H and O–H groups in total. The van der Waals surface area contributed by atoms with Gasteiger partial charge in [0.15, 0.2) is 0 Å². The molecule has 0 aromatic heterocycles. The van der Waals surface area contributed by atoms with Gasteiger partial charge in [-0.2, -0.15) is 0 Å². The molecule has 1 aromatic carbocycles. The van der Waals surface area contributed by atoms with Crippen LogP contribution in [0.5, 0.6) is 0 Å². The number of thiol groups is 1. The van der Waals surface area contributed by atoms with E-state index in [2.05, 4.69) is 53.7 Å². The Morgan fingerprint density at radius 1 is 0.944 bits per heavy atom. The number of unbranched alkanes of at least 4 members (excludes halogenated alkanes) is 7. The van der Waals surface area contributed by atoms with Crippen molar-refractivity contribution in [3.8, 4) is 0 Å². The van der Waals surface area contributed by atoms with Crippen LogP contribution in [-0.4, -0.2) is 0 Å². The first-order valence-corrected chi connectivity index (χ1v) is 8.45. The van der Waals surface area contributed by atoms with Crippen LogP contribution in [0, 0.1) is 0 Å². The van der Waals surface area contributed by atoms with Crippen molar-refractivity contribution in [3.05, 3.63) is 28.2 Å². The summed E-state index contributed by atoms with van der Waals surface area (Å²) in [5.41, 5.74) is 1.42. The van der Waals surface area contributed by atoms with E-state index in [4.69, 9.17) is 0 Å². The molecule has 2 heteroatoms. The Morgan fingerprint density at radius 2 is 1.56 bits per heavy atom. The maximum Gasteiger partial charge on any atom is 0.0218 e. The summed E-state index contributed by atoms with van der Waals surface area (Å²) in [7, 11) is 0. The molecule has 0 atom stereocenters. The van der Waals surface area contributed by atoms with E-state index in [-0.39, 0.29) is 0 Å². The molecule has 0 aliphatic heterocycles. The lowest BCUT2D eigenvalue weighted by Gasteiger charge is -2.05. The number of halogens is 1. The van der Waals surface area contributed by atoms with Gasteiger partial charge in [0.25, 0.3) is 0 Å². The number of benzene rings is 1. The molecule has 0 fully saturated rings. The molecule has 102 valence electrons. The van der Waals surface area contributed by atoms with Gasteiger partial charge in [-0.15, -0.1) is 12.6 Å². The maximum absolute atomic E-state index is 4.34. The molecule has 0 aliphatic carbocycles. The first-order valence-electron chi connectivity index (χ1n) is 7.21. The minimum absolute atomic E-state index is 1.03. The molecule has 0 bridgehead atoms. The average Bonchev–Trinajstić information content (AvgIpc) is 2.35. The molecule has 0 amide bonds. The summed E-state index contributed by atoms with van der Waals surface area (Å²) in [6, 6.07) is 6.35. The highest BCUT2D eigenvalue weighted by molar-refractivity contribution is 9.10. The van der Waals surface area contributed by atoms with Gasteiger partial charge >= 0.3 is 0 Å². The summed E-state index contributed by atoms with van der Waals surface area (Å²) >= 11 is 7.95. The van der Waals surface area contributed by atoms with Crippen LogP contribution >= 0.6 is 28.6 Å². The van der Waals surface area contributed by atoms with E-state index in [0.29, 0.717) is 0 Å². The Kier molecular flexibility index (Phi) is 8.87. The van der Waals surface area contributed by atoms with Gasteiger partial charge in [-0.3, -0.25) is 0 Å². The van der Waals surface area contributed by atoms with Gasteiger partial charge in [0.2, 0.25) is 0 Å². The van der Waals surface area contributed by atoms with E-state index in [1.807, 2.05) is 0 Å². The SMILES string of the molecule is CCCCCCCCCCc1ccc(S)cc1Br. The highest BCUT2D eigenvalue weighted by atomic mass is 79.9. The van der Waals surface area contributed by atoms with E-state index in [1.54, 1.807) is 0 Å². The molecule has 1 aromatic rings. The fraction of sp³-hybridized carbons (Fsp3) is 0.625. The fourth-order valence-corrected chi connectivity index (χ4v) is 3.15. The van der Waals surface area contributed by atoms with E-state index in [0.717, 1.165) is 4.90 Å². The highest BCUT2D eigenvalue weighted by Crippen LogP contribution is 2.22. The molecular formula is C16H25BrS. The zero-order chi connectivity index (χ0) is 13.2. The summed E-state index contributed by atoms with van der Waals surface area (Å²) in [4.78, 5) is 1.03. The molecule has 0 saturated heterocycles. The van der Waals surface area contributed by atoms with Gasteiger partial charge in [-0.05, 0) is 30.5 Å². The van der Waals surface area contributed by atoms with Crippen molar-refractivity contribution in [2.75, 3.05) is 0 Å². The predicted molar refractivity (Wildman–Crippen MR) is 87.7 cm³/mol. The quantitative estimate of drug-likeness (QED) is 0.392. The Bertz CT molecular complexity index is 336.